The molecule has 1 nitrogen and oxygen atoms in total. The maximum absolute atomic E-state index is 12.3. The van der Waals surface area contributed by atoms with Gasteiger partial charge in [0.15, 0.2) is 5.78 Å². The van der Waals surface area contributed by atoms with Gasteiger partial charge in [-0.15, -0.1) is 11.6 Å². The fraction of sp³-hybridized carbons (Fsp3) is 0.316. The van der Waals surface area contributed by atoms with E-state index in [4.69, 9.17) is 11.6 Å². The van der Waals surface area contributed by atoms with E-state index in [0.717, 1.165) is 11.1 Å². The fourth-order valence-corrected chi connectivity index (χ4v) is 2.50. The monoisotopic (exact) mass is 300 g/mol. The molecule has 0 aromatic heterocycles. The van der Waals surface area contributed by atoms with Crippen LogP contribution in [0, 0.1) is 0 Å². The SMILES string of the molecule is CC(C)(C)c1ccc(C(=O)C[C@H](Cl)c2ccccc2)cc1. The number of rotatable bonds is 4. The molecule has 0 saturated carbocycles. The van der Waals surface area contributed by atoms with E-state index in [1.54, 1.807) is 0 Å². The summed E-state index contributed by atoms with van der Waals surface area (Å²) in [6.45, 7) is 6.48. The molecule has 0 unspecified atom stereocenters. The van der Waals surface area contributed by atoms with Gasteiger partial charge in [0.1, 0.15) is 0 Å². The van der Waals surface area contributed by atoms with Gasteiger partial charge in [-0.2, -0.15) is 0 Å². The molecule has 2 aromatic carbocycles. The van der Waals surface area contributed by atoms with Crippen LogP contribution in [0.5, 0.6) is 0 Å². The number of benzene rings is 2. The zero-order valence-corrected chi connectivity index (χ0v) is 13.5. The summed E-state index contributed by atoms with van der Waals surface area (Å²) in [6, 6.07) is 17.6. The Hall–Kier alpha value is -1.60. The number of carbonyl (C=O) groups is 1. The van der Waals surface area contributed by atoms with Crippen LogP contribution in [0.25, 0.3) is 0 Å². The van der Waals surface area contributed by atoms with Gasteiger partial charge >= 0.3 is 0 Å². The lowest BCUT2D eigenvalue weighted by molar-refractivity contribution is 0.0981. The van der Waals surface area contributed by atoms with Crippen molar-refractivity contribution in [2.45, 2.75) is 38.0 Å². The molecule has 21 heavy (non-hydrogen) atoms. The largest absolute Gasteiger partial charge is 0.294 e. The minimum atomic E-state index is -0.277. The van der Waals surface area contributed by atoms with Crippen molar-refractivity contribution in [2.75, 3.05) is 0 Å². The summed E-state index contributed by atoms with van der Waals surface area (Å²) in [5, 5.41) is -0.277. The molecule has 2 aromatic rings. The molecule has 0 aliphatic heterocycles. The van der Waals surface area contributed by atoms with E-state index in [0.29, 0.717) is 6.42 Å². The Kier molecular flexibility index (Phi) is 4.84. The minimum absolute atomic E-state index is 0.0827. The quantitative estimate of drug-likeness (QED) is 0.535. The standard InChI is InChI=1S/C19H21ClO/c1-19(2,3)16-11-9-15(10-12-16)18(21)13-17(20)14-7-5-4-6-8-14/h4-12,17H,13H2,1-3H3/t17-/m0/s1. The van der Waals surface area contributed by atoms with Gasteiger partial charge in [0.25, 0.3) is 0 Å². The maximum Gasteiger partial charge on any atom is 0.164 e. The first-order chi connectivity index (χ1) is 9.88. The first-order valence-electron chi connectivity index (χ1n) is 7.20. The van der Waals surface area contributed by atoms with Crippen LogP contribution in [-0.2, 0) is 5.41 Å². The van der Waals surface area contributed by atoms with E-state index < -0.39 is 0 Å². The third-order valence-electron chi connectivity index (χ3n) is 3.60. The van der Waals surface area contributed by atoms with Crippen molar-refractivity contribution < 1.29 is 4.79 Å². The summed E-state index contributed by atoms with van der Waals surface area (Å²) >= 11 is 6.33. The van der Waals surface area contributed by atoms with E-state index in [2.05, 4.69) is 20.8 Å². The molecule has 0 aliphatic carbocycles. The molecular weight excluding hydrogens is 280 g/mol. The van der Waals surface area contributed by atoms with Crippen molar-refractivity contribution in [1.29, 1.82) is 0 Å². The lowest BCUT2D eigenvalue weighted by Gasteiger charge is -2.19. The number of alkyl halides is 1. The van der Waals surface area contributed by atoms with Crippen LogP contribution in [0.15, 0.2) is 54.6 Å². The van der Waals surface area contributed by atoms with Crippen LogP contribution in [0.3, 0.4) is 0 Å². The van der Waals surface area contributed by atoms with Crippen molar-refractivity contribution in [2.24, 2.45) is 0 Å². The molecule has 0 heterocycles. The normalized spacial score (nSPS) is 13.0. The van der Waals surface area contributed by atoms with Crippen molar-refractivity contribution in [3.63, 3.8) is 0 Å². The van der Waals surface area contributed by atoms with Crippen LogP contribution in [-0.4, -0.2) is 5.78 Å². The highest BCUT2D eigenvalue weighted by atomic mass is 35.5. The van der Waals surface area contributed by atoms with Gasteiger partial charge in [0.2, 0.25) is 0 Å². The summed E-state index contributed by atoms with van der Waals surface area (Å²) in [4.78, 5) is 12.3. The molecule has 0 radical (unpaired) electrons. The van der Waals surface area contributed by atoms with Gasteiger partial charge in [-0.05, 0) is 16.5 Å². The Morgan fingerprint density at radius 1 is 1.00 bits per heavy atom. The molecule has 2 heteroatoms. The van der Waals surface area contributed by atoms with Gasteiger partial charge in [-0.1, -0.05) is 75.4 Å². The van der Waals surface area contributed by atoms with Gasteiger partial charge in [0.05, 0.1) is 5.38 Å². The maximum atomic E-state index is 12.3. The van der Waals surface area contributed by atoms with Crippen molar-refractivity contribution in [3.8, 4) is 0 Å². The van der Waals surface area contributed by atoms with Crippen LogP contribution in [0.2, 0.25) is 0 Å². The Labute approximate surface area is 132 Å². The number of hydrogen-bond donors (Lipinski definition) is 0. The highest BCUT2D eigenvalue weighted by Gasteiger charge is 2.17. The molecule has 0 N–H and O–H groups in total. The molecule has 0 saturated heterocycles. The Morgan fingerprint density at radius 2 is 1.57 bits per heavy atom. The highest BCUT2D eigenvalue weighted by molar-refractivity contribution is 6.22. The molecule has 0 spiro atoms. The Morgan fingerprint density at radius 3 is 2.10 bits per heavy atom. The second-order valence-corrected chi connectivity index (χ2v) is 6.86. The summed E-state index contributed by atoms with van der Waals surface area (Å²) in [7, 11) is 0. The number of halogens is 1. The van der Waals surface area contributed by atoms with E-state index in [1.165, 1.54) is 5.56 Å². The smallest absolute Gasteiger partial charge is 0.164 e. The predicted molar refractivity (Wildman–Crippen MR) is 89.1 cm³/mol. The molecule has 0 aliphatic rings. The highest BCUT2D eigenvalue weighted by Crippen LogP contribution is 2.27. The van der Waals surface area contributed by atoms with Crippen molar-refractivity contribution in [3.05, 3.63) is 71.3 Å². The summed E-state index contributed by atoms with van der Waals surface area (Å²) in [5.41, 5.74) is 3.04. The number of hydrogen-bond acceptors (Lipinski definition) is 1. The van der Waals surface area contributed by atoms with E-state index in [9.17, 15) is 4.79 Å². The van der Waals surface area contributed by atoms with E-state index in [1.807, 2.05) is 54.6 Å². The molecule has 0 amide bonds. The van der Waals surface area contributed by atoms with Crippen LogP contribution >= 0.6 is 11.6 Å². The summed E-state index contributed by atoms with van der Waals surface area (Å²) in [6.07, 6.45) is 0.320. The zero-order chi connectivity index (χ0) is 15.5. The van der Waals surface area contributed by atoms with Gasteiger partial charge in [0, 0.05) is 12.0 Å². The molecule has 1 atom stereocenters. The first-order valence-corrected chi connectivity index (χ1v) is 7.64. The topological polar surface area (TPSA) is 17.1 Å². The predicted octanol–water partition coefficient (Wildman–Crippen LogP) is 5.54. The van der Waals surface area contributed by atoms with Crippen LogP contribution in [0.4, 0.5) is 0 Å². The zero-order valence-electron chi connectivity index (χ0n) is 12.8. The van der Waals surface area contributed by atoms with E-state index in [-0.39, 0.29) is 16.6 Å². The fourth-order valence-electron chi connectivity index (χ4n) is 2.22. The lowest BCUT2D eigenvalue weighted by atomic mass is 9.86. The van der Waals surface area contributed by atoms with Gasteiger partial charge < -0.3 is 0 Å². The summed E-state index contributed by atoms with van der Waals surface area (Å²) in [5.74, 6) is 0.0827. The van der Waals surface area contributed by atoms with Crippen LogP contribution < -0.4 is 0 Å². The number of Topliss-reactive ketones (excluding diaryl/α,β-unsaturated/α-hetero) is 1. The third kappa shape index (κ3) is 4.18. The summed E-state index contributed by atoms with van der Waals surface area (Å²) < 4.78 is 0. The first kappa shape index (κ1) is 15.8. The second kappa shape index (κ2) is 6.44. The lowest BCUT2D eigenvalue weighted by Crippen LogP contribution is -2.11. The third-order valence-corrected chi connectivity index (χ3v) is 4.01. The van der Waals surface area contributed by atoms with Gasteiger partial charge in [-0.3, -0.25) is 4.79 Å². The van der Waals surface area contributed by atoms with Gasteiger partial charge in [-0.25, -0.2) is 0 Å². The average molecular weight is 301 g/mol. The van der Waals surface area contributed by atoms with Crippen LogP contribution in [0.1, 0.15) is 54.1 Å². The second-order valence-electron chi connectivity index (χ2n) is 6.33. The number of ketones is 1. The molecule has 2 rings (SSSR count). The molecule has 0 bridgehead atoms. The number of carbonyl (C=O) groups excluding carboxylic acids is 1. The van der Waals surface area contributed by atoms with Crippen molar-refractivity contribution in [1.82, 2.24) is 0 Å². The molecule has 0 fully saturated rings. The molecular formula is C19H21ClO. The van der Waals surface area contributed by atoms with E-state index >= 15 is 0 Å². The average Bonchev–Trinajstić information content (AvgIpc) is 2.47. The Balaban J connectivity index is 2.07. The molecule has 110 valence electrons. The minimum Gasteiger partial charge on any atom is -0.294 e. The Bertz CT molecular complexity index is 594. The van der Waals surface area contributed by atoms with Crippen molar-refractivity contribution >= 4 is 17.4 Å².